The van der Waals surface area contributed by atoms with Crippen LogP contribution in [0.1, 0.15) is 24.0 Å². The van der Waals surface area contributed by atoms with Gasteiger partial charge in [-0.2, -0.15) is 0 Å². The van der Waals surface area contributed by atoms with E-state index in [4.69, 9.17) is 21.7 Å². The van der Waals surface area contributed by atoms with Gasteiger partial charge in [0.05, 0.1) is 13.2 Å². The summed E-state index contributed by atoms with van der Waals surface area (Å²) in [5.41, 5.74) is 1.97. The first-order valence-electron chi connectivity index (χ1n) is 9.20. The van der Waals surface area contributed by atoms with E-state index in [0.29, 0.717) is 24.7 Å². The fraction of sp³-hybridized carbons (Fsp3) is 0.381. The number of phenols is 1. The molecule has 1 heterocycles. The van der Waals surface area contributed by atoms with Gasteiger partial charge in [-0.1, -0.05) is 30.3 Å². The van der Waals surface area contributed by atoms with Gasteiger partial charge in [-0.25, -0.2) is 0 Å². The Labute approximate surface area is 165 Å². The molecular formula is C21H26N2O3S. The maximum Gasteiger partial charge on any atom is 0.169 e. The lowest BCUT2D eigenvalue weighted by atomic mass is 10.1. The number of phenolic OH excluding ortho intramolecular Hbond substituents is 1. The van der Waals surface area contributed by atoms with Gasteiger partial charge in [0.15, 0.2) is 5.11 Å². The van der Waals surface area contributed by atoms with Crippen LogP contribution in [0.2, 0.25) is 0 Å². The van der Waals surface area contributed by atoms with Crippen molar-refractivity contribution in [3.05, 3.63) is 59.7 Å². The smallest absolute Gasteiger partial charge is 0.169 e. The number of benzene rings is 2. The van der Waals surface area contributed by atoms with Gasteiger partial charge in [0, 0.05) is 31.8 Å². The summed E-state index contributed by atoms with van der Waals surface area (Å²) in [6, 6.07) is 15.3. The monoisotopic (exact) mass is 386 g/mol. The van der Waals surface area contributed by atoms with Crippen LogP contribution >= 0.6 is 12.2 Å². The first-order valence-corrected chi connectivity index (χ1v) is 9.60. The second-order valence-electron chi connectivity index (χ2n) is 6.65. The van der Waals surface area contributed by atoms with Crippen LogP contribution < -0.4 is 10.1 Å². The van der Waals surface area contributed by atoms with Crippen LogP contribution in [-0.2, 0) is 17.8 Å². The molecule has 5 nitrogen and oxygen atoms in total. The van der Waals surface area contributed by atoms with Crippen molar-refractivity contribution in [2.45, 2.75) is 32.0 Å². The van der Waals surface area contributed by atoms with Crippen molar-refractivity contribution in [1.82, 2.24) is 10.2 Å². The fourth-order valence-corrected chi connectivity index (χ4v) is 3.35. The highest BCUT2D eigenvalue weighted by atomic mass is 32.1. The Morgan fingerprint density at radius 1 is 1.26 bits per heavy atom. The van der Waals surface area contributed by atoms with Crippen molar-refractivity contribution in [2.24, 2.45) is 0 Å². The predicted octanol–water partition coefficient (Wildman–Crippen LogP) is 3.46. The SMILES string of the molecule is COc1ccc(CNC(=S)N(Cc2ccccc2O)C[C@H]2CCCO2)cc1. The Morgan fingerprint density at radius 3 is 2.70 bits per heavy atom. The van der Waals surface area contributed by atoms with Crippen molar-refractivity contribution in [3.63, 3.8) is 0 Å². The van der Waals surface area contributed by atoms with Crippen LogP contribution in [0.25, 0.3) is 0 Å². The van der Waals surface area contributed by atoms with Gasteiger partial charge in [-0.05, 0) is 48.8 Å². The van der Waals surface area contributed by atoms with E-state index in [0.717, 1.165) is 36.3 Å². The largest absolute Gasteiger partial charge is 0.508 e. The third-order valence-electron chi connectivity index (χ3n) is 4.69. The zero-order chi connectivity index (χ0) is 19.1. The molecule has 0 unspecified atom stereocenters. The van der Waals surface area contributed by atoms with Gasteiger partial charge in [0.25, 0.3) is 0 Å². The maximum absolute atomic E-state index is 10.1. The van der Waals surface area contributed by atoms with Crippen LogP contribution in [0.3, 0.4) is 0 Å². The average molecular weight is 387 g/mol. The Hall–Kier alpha value is -2.31. The van der Waals surface area contributed by atoms with Crippen molar-refractivity contribution in [2.75, 3.05) is 20.3 Å². The van der Waals surface area contributed by atoms with Gasteiger partial charge in [0.1, 0.15) is 11.5 Å². The molecule has 2 aromatic carbocycles. The molecule has 2 N–H and O–H groups in total. The quantitative estimate of drug-likeness (QED) is 0.711. The third kappa shape index (κ3) is 5.58. The number of hydrogen-bond donors (Lipinski definition) is 2. The first-order chi connectivity index (χ1) is 13.2. The molecule has 0 amide bonds. The minimum Gasteiger partial charge on any atom is -0.508 e. The highest BCUT2D eigenvalue weighted by molar-refractivity contribution is 7.80. The summed E-state index contributed by atoms with van der Waals surface area (Å²) in [6.07, 6.45) is 2.30. The molecular weight excluding hydrogens is 360 g/mol. The van der Waals surface area contributed by atoms with E-state index in [2.05, 4.69) is 10.2 Å². The molecule has 1 saturated heterocycles. The molecule has 1 fully saturated rings. The van der Waals surface area contributed by atoms with E-state index in [1.54, 1.807) is 13.2 Å². The molecule has 1 aliphatic heterocycles. The predicted molar refractivity (Wildman–Crippen MR) is 110 cm³/mol. The zero-order valence-corrected chi connectivity index (χ0v) is 16.4. The van der Waals surface area contributed by atoms with Crippen LogP contribution in [-0.4, -0.2) is 41.5 Å². The molecule has 0 spiro atoms. The van der Waals surface area contributed by atoms with E-state index in [1.807, 2.05) is 42.5 Å². The molecule has 1 aliphatic rings. The lowest BCUT2D eigenvalue weighted by Crippen LogP contribution is -2.42. The summed E-state index contributed by atoms with van der Waals surface area (Å²) >= 11 is 5.65. The minimum absolute atomic E-state index is 0.177. The third-order valence-corrected chi connectivity index (χ3v) is 5.09. The fourth-order valence-electron chi connectivity index (χ4n) is 3.14. The number of thiocarbonyl (C=S) groups is 1. The van der Waals surface area contributed by atoms with Crippen LogP contribution in [0.4, 0.5) is 0 Å². The molecule has 0 saturated carbocycles. The number of ether oxygens (including phenoxy) is 2. The summed E-state index contributed by atoms with van der Waals surface area (Å²) in [4.78, 5) is 2.07. The lowest BCUT2D eigenvalue weighted by Gasteiger charge is -2.28. The van der Waals surface area contributed by atoms with Gasteiger partial charge in [0.2, 0.25) is 0 Å². The number of para-hydroxylation sites is 1. The van der Waals surface area contributed by atoms with Gasteiger partial charge < -0.3 is 24.8 Å². The first kappa shape index (κ1) is 19.5. The van der Waals surface area contributed by atoms with E-state index < -0.39 is 0 Å². The molecule has 0 bridgehead atoms. The van der Waals surface area contributed by atoms with Crippen molar-refractivity contribution < 1.29 is 14.6 Å². The molecule has 144 valence electrons. The summed E-state index contributed by atoms with van der Waals surface area (Å²) < 4.78 is 11.0. The van der Waals surface area contributed by atoms with Gasteiger partial charge in [-0.3, -0.25) is 0 Å². The Morgan fingerprint density at radius 2 is 2.04 bits per heavy atom. The number of methoxy groups -OCH3 is 1. The molecule has 3 rings (SSSR count). The topological polar surface area (TPSA) is 54.0 Å². The Bertz CT molecular complexity index is 745. The van der Waals surface area contributed by atoms with Gasteiger partial charge >= 0.3 is 0 Å². The zero-order valence-electron chi connectivity index (χ0n) is 15.6. The van der Waals surface area contributed by atoms with Crippen molar-refractivity contribution in [3.8, 4) is 11.5 Å². The Balaban J connectivity index is 1.64. The highest BCUT2D eigenvalue weighted by Crippen LogP contribution is 2.20. The Kier molecular flexibility index (Phi) is 6.90. The standard InChI is InChI=1S/C21H26N2O3S/c1-25-18-10-8-16(9-11-18)13-22-21(27)23(15-19-6-4-12-26-19)14-17-5-2-3-7-20(17)24/h2-3,5,7-11,19,24H,4,6,12-15H2,1H3,(H,22,27)/t19-/m1/s1. The molecule has 0 radical (unpaired) electrons. The number of hydrogen-bond acceptors (Lipinski definition) is 4. The summed E-state index contributed by atoms with van der Waals surface area (Å²) in [6.45, 7) is 2.69. The van der Waals surface area contributed by atoms with Crippen LogP contribution in [0, 0.1) is 0 Å². The maximum atomic E-state index is 10.1. The van der Waals surface area contributed by atoms with Crippen molar-refractivity contribution in [1.29, 1.82) is 0 Å². The molecule has 2 aromatic rings. The number of aromatic hydroxyl groups is 1. The van der Waals surface area contributed by atoms with E-state index >= 15 is 0 Å². The second kappa shape index (κ2) is 9.58. The molecule has 0 aromatic heterocycles. The van der Waals surface area contributed by atoms with Gasteiger partial charge in [-0.15, -0.1) is 0 Å². The summed E-state index contributed by atoms with van der Waals surface area (Å²) in [7, 11) is 1.66. The lowest BCUT2D eigenvalue weighted by molar-refractivity contribution is 0.0896. The molecule has 0 aliphatic carbocycles. The van der Waals surface area contributed by atoms with E-state index in [-0.39, 0.29) is 11.9 Å². The number of nitrogens with zero attached hydrogens (tertiary/aromatic N) is 1. The molecule has 27 heavy (non-hydrogen) atoms. The highest BCUT2D eigenvalue weighted by Gasteiger charge is 2.21. The number of rotatable bonds is 7. The van der Waals surface area contributed by atoms with Crippen LogP contribution in [0.15, 0.2) is 48.5 Å². The molecule has 6 heteroatoms. The average Bonchev–Trinajstić information content (AvgIpc) is 3.21. The normalized spacial score (nSPS) is 16.1. The van der Waals surface area contributed by atoms with E-state index in [1.165, 1.54) is 0 Å². The van der Waals surface area contributed by atoms with E-state index in [9.17, 15) is 5.11 Å². The minimum atomic E-state index is 0.177. The number of nitrogens with one attached hydrogen (secondary N) is 1. The van der Waals surface area contributed by atoms with Crippen molar-refractivity contribution >= 4 is 17.3 Å². The second-order valence-corrected chi connectivity index (χ2v) is 7.04. The summed E-state index contributed by atoms with van der Waals surface area (Å²) in [5, 5.41) is 14.1. The molecule has 1 atom stereocenters. The van der Waals surface area contributed by atoms with Crippen LogP contribution in [0.5, 0.6) is 11.5 Å². The summed E-state index contributed by atoms with van der Waals surface area (Å²) in [5.74, 6) is 1.12.